The van der Waals surface area contributed by atoms with Crippen molar-refractivity contribution in [1.82, 2.24) is 15.1 Å². The Morgan fingerprint density at radius 3 is 2.54 bits per heavy atom. The van der Waals surface area contributed by atoms with E-state index < -0.39 is 0 Å². The summed E-state index contributed by atoms with van der Waals surface area (Å²) < 4.78 is 11.1. The maximum atomic E-state index is 12.8. The van der Waals surface area contributed by atoms with Crippen molar-refractivity contribution in [2.24, 2.45) is 0 Å². The summed E-state index contributed by atoms with van der Waals surface area (Å²) >= 11 is 0. The lowest BCUT2D eigenvalue weighted by molar-refractivity contribution is -0.122. The summed E-state index contributed by atoms with van der Waals surface area (Å²) in [6.07, 6.45) is 1.51. The number of amides is 2. The van der Waals surface area contributed by atoms with Crippen LogP contribution in [0.25, 0.3) is 0 Å². The van der Waals surface area contributed by atoms with Crippen LogP contribution in [0.5, 0.6) is 5.75 Å². The van der Waals surface area contributed by atoms with Gasteiger partial charge in [0.15, 0.2) is 5.76 Å². The normalized spacial score (nSPS) is 14.9. The number of benzene rings is 1. The van der Waals surface area contributed by atoms with E-state index in [1.165, 1.54) is 6.26 Å². The highest BCUT2D eigenvalue weighted by Gasteiger charge is 2.26. The van der Waals surface area contributed by atoms with Crippen molar-refractivity contribution in [3.63, 3.8) is 0 Å². The molecule has 26 heavy (non-hydrogen) atoms. The average Bonchev–Trinajstić information content (AvgIpc) is 3.15. The van der Waals surface area contributed by atoms with Crippen molar-refractivity contribution in [2.75, 3.05) is 39.8 Å². The van der Waals surface area contributed by atoms with E-state index >= 15 is 0 Å². The molecule has 2 heterocycles. The van der Waals surface area contributed by atoms with Gasteiger partial charge in [0.05, 0.1) is 12.8 Å². The van der Waals surface area contributed by atoms with Crippen LogP contribution in [-0.2, 0) is 11.4 Å². The molecule has 138 valence electrons. The number of ether oxygens (including phenoxy) is 1. The molecule has 1 saturated heterocycles. The summed E-state index contributed by atoms with van der Waals surface area (Å²) in [6.45, 7) is 3.09. The second-order valence-corrected chi connectivity index (χ2v) is 6.12. The molecule has 0 bridgehead atoms. The molecule has 3 rings (SSSR count). The Morgan fingerprint density at radius 1 is 1.12 bits per heavy atom. The van der Waals surface area contributed by atoms with E-state index in [9.17, 15) is 9.59 Å². The minimum Gasteiger partial charge on any atom is -0.489 e. The molecule has 0 radical (unpaired) electrons. The van der Waals surface area contributed by atoms with E-state index in [1.54, 1.807) is 18.0 Å². The molecule has 1 aliphatic heterocycles. The smallest absolute Gasteiger partial charge is 0.290 e. The van der Waals surface area contributed by atoms with E-state index in [-0.39, 0.29) is 18.4 Å². The number of carbonyl (C=O) groups excluding carboxylic acids is 2. The predicted molar refractivity (Wildman–Crippen MR) is 95.9 cm³/mol. The second kappa shape index (κ2) is 8.53. The molecule has 1 N–H and O–H groups in total. The molecule has 0 aliphatic carbocycles. The largest absolute Gasteiger partial charge is 0.489 e. The van der Waals surface area contributed by atoms with E-state index in [0.29, 0.717) is 38.5 Å². The summed E-state index contributed by atoms with van der Waals surface area (Å²) in [6, 6.07) is 11.2. The van der Waals surface area contributed by atoms with Crippen LogP contribution in [0.2, 0.25) is 0 Å². The number of hydrogen-bond donors (Lipinski definition) is 1. The molecule has 1 fully saturated rings. The van der Waals surface area contributed by atoms with Crippen LogP contribution in [0, 0.1) is 0 Å². The number of nitrogens with zero attached hydrogens (tertiary/aromatic N) is 2. The van der Waals surface area contributed by atoms with E-state index in [0.717, 1.165) is 11.3 Å². The number of rotatable bonds is 6. The predicted octanol–water partition coefficient (Wildman–Crippen LogP) is 1.36. The third kappa shape index (κ3) is 4.43. The molecule has 7 nitrogen and oxygen atoms in total. The molecule has 2 amide bonds. The van der Waals surface area contributed by atoms with Gasteiger partial charge in [0.1, 0.15) is 12.4 Å². The van der Waals surface area contributed by atoms with Crippen molar-refractivity contribution >= 4 is 11.8 Å². The molecule has 1 aromatic heterocycles. The van der Waals surface area contributed by atoms with E-state index in [4.69, 9.17) is 9.15 Å². The monoisotopic (exact) mass is 357 g/mol. The molecule has 2 aromatic rings. The van der Waals surface area contributed by atoms with Crippen molar-refractivity contribution < 1.29 is 18.7 Å². The molecule has 0 atom stereocenters. The lowest BCUT2D eigenvalue weighted by Gasteiger charge is -2.33. The van der Waals surface area contributed by atoms with Gasteiger partial charge in [-0.05, 0) is 18.2 Å². The lowest BCUT2D eigenvalue weighted by Crippen LogP contribution is -2.51. The average molecular weight is 357 g/mol. The Kier molecular flexibility index (Phi) is 5.91. The van der Waals surface area contributed by atoms with Gasteiger partial charge in [-0.15, -0.1) is 0 Å². The van der Waals surface area contributed by atoms with Gasteiger partial charge in [0, 0.05) is 38.8 Å². The van der Waals surface area contributed by atoms with Gasteiger partial charge in [-0.3, -0.25) is 14.5 Å². The third-order valence-corrected chi connectivity index (χ3v) is 4.38. The highest BCUT2D eigenvalue weighted by molar-refractivity contribution is 5.93. The number of carbonyl (C=O) groups is 2. The van der Waals surface area contributed by atoms with Crippen LogP contribution in [-0.4, -0.2) is 61.4 Å². The van der Waals surface area contributed by atoms with Crippen molar-refractivity contribution in [3.05, 3.63) is 54.0 Å². The first-order valence-corrected chi connectivity index (χ1v) is 8.64. The Balaban J connectivity index is 1.56. The quantitative estimate of drug-likeness (QED) is 0.845. The number of furan rings is 1. The maximum absolute atomic E-state index is 12.8. The Labute approximate surface area is 152 Å². The van der Waals surface area contributed by atoms with Crippen LogP contribution in [0.4, 0.5) is 0 Å². The SMILES string of the molecule is CNC(=O)CN1CCN(C(=O)c2occc2COc2ccccc2)CC1. The van der Waals surface area contributed by atoms with Crippen LogP contribution in [0.15, 0.2) is 47.1 Å². The Bertz CT molecular complexity index is 736. The molecule has 7 heteroatoms. The zero-order chi connectivity index (χ0) is 18.4. The highest BCUT2D eigenvalue weighted by Crippen LogP contribution is 2.18. The molecular weight excluding hydrogens is 334 g/mol. The van der Waals surface area contributed by atoms with Crippen LogP contribution in [0.1, 0.15) is 16.1 Å². The highest BCUT2D eigenvalue weighted by atomic mass is 16.5. The molecule has 0 spiro atoms. The van der Waals surface area contributed by atoms with Crippen molar-refractivity contribution in [1.29, 1.82) is 0 Å². The number of para-hydroxylation sites is 1. The Morgan fingerprint density at radius 2 is 1.85 bits per heavy atom. The summed E-state index contributed by atoms with van der Waals surface area (Å²) in [7, 11) is 1.62. The molecular formula is C19H23N3O4. The standard InChI is InChI=1S/C19H23N3O4/c1-20-17(23)13-21-8-10-22(11-9-21)19(24)18-15(7-12-25-18)14-26-16-5-3-2-4-6-16/h2-7,12H,8-11,13-14H2,1H3,(H,20,23). The number of hydrogen-bond acceptors (Lipinski definition) is 5. The van der Waals surface area contributed by atoms with Crippen LogP contribution in [0.3, 0.4) is 0 Å². The summed E-state index contributed by atoms with van der Waals surface area (Å²) in [5.74, 6) is 0.910. The zero-order valence-electron chi connectivity index (χ0n) is 14.8. The minimum absolute atomic E-state index is 0.0174. The van der Waals surface area contributed by atoms with Gasteiger partial charge in [-0.25, -0.2) is 0 Å². The van der Waals surface area contributed by atoms with Gasteiger partial charge >= 0.3 is 0 Å². The molecule has 1 aromatic carbocycles. The summed E-state index contributed by atoms with van der Waals surface area (Å²) in [5.41, 5.74) is 0.728. The molecule has 0 unspecified atom stereocenters. The molecule has 1 aliphatic rings. The van der Waals surface area contributed by atoms with Gasteiger partial charge in [0.2, 0.25) is 5.91 Å². The number of piperazine rings is 1. The van der Waals surface area contributed by atoms with E-state index in [1.807, 2.05) is 35.2 Å². The van der Waals surface area contributed by atoms with Gasteiger partial charge in [-0.2, -0.15) is 0 Å². The maximum Gasteiger partial charge on any atom is 0.290 e. The van der Waals surface area contributed by atoms with Crippen molar-refractivity contribution in [2.45, 2.75) is 6.61 Å². The Hall–Kier alpha value is -2.80. The zero-order valence-corrected chi connectivity index (χ0v) is 14.8. The topological polar surface area (TPSA) is 75.0 Å². The first-order chi connectivity index (χ1) is 12.7. The van der Waals surface area contributed by atoms with Crippen LogP contribution >= 0.6 is 0 Å². The number of likely N-dealkylation sites (N-methyl/N-ethyl adjacent to an activating group) is 1. The fraction of sp³-hybridized carbons (Fsp3) is 0.368. The fourth-order valence-electron chi connectivity index (χ4n) is 2.85. The fourth-order valence-corrected chi connectivity index (χ4v) is 2.85. The van der Waals surface area contributed by atoms with Gasteiger partial charge < -0.3 is 19.4 Å². The lowest BCUT2D eigenvalue weighted by atomic mass is 10.2. The first kappa shape index (κ1) is 18.0. The summed E-state index contributed by atoms with van der Waals surface area (Å²) in [4.78, 5) is 28.0. The third-order valence-electron chi connectivity index (χ3n) is 4.38. The number of nitrogens with one attached hydrogen (secondary N) is 1. The van der Waals surface area contributed by atoms with E-state index in [2.05, 4.69) is 5.32 Å². The minimum atomic E-state index is -0.138. The van der Waals surface area contributed by atoms with Crippen molar-refractivity contribution in [3.8, 4) is 5.75 Å². The van der Waals surface area contributed by atoms with Gasteiger partial charge in [-0.1, -0.05) is 18.2 Å². The first-order valence-electron chi connectivity index (χ1n) is 8.64. The second-order valence-electron chi connectivity index (χ2n) is 6.12. The summed E-state index contributed by atoms with van der Waals surface area (Å²) in [5, 5.41) is 2.61. The molecule has 0 saturated carbocycles. The van der Waals surface area contributed by atoms with Gasteiger partial charge in [0.25, 0.3) is 5.91 Å². The van der Waals surface area contributed by atoms with Crippen LogP contribution < -0.4 is 10.1 Å².